The minimum Gasteiger partial charge on any atom is -0.484 e. The van der Waals surface area contributed by atoms with Gasteiger partial charge in [-0.05, 0) is 60.9 Å². The minimum absolute atomic E-state index is 0.0600. The molecule has 1 aliphatic rings. The van der Waals surface area contributed by atoms with Crippen LogP contribution < -0.4 is 20.7 Å². The number of amides is 2. The Hall–Kier alpha value is -4.40. The molecule has 220 valence electrons. The third-order valence-corrected chi connectivity index (χ3v) is 7.02. The molecule has 2 aromatic carbocycles. The predicted molar refractivity (Wildman–Crippen MR) is 153 cm³/mol. The van der Waals surface area contributed by atoms with Crippen LogP contribution in [0.5, 0.6) is 5.75 Å². The summed E-state index contributed by atoms with van der Waals surface area (Å²) in [4.78, 5) is 32.4. The fraction of sp³-hybridized carbons (Fsp3) is 0.323. The summed E-state index contributed by atoms with van der Waals surface area (Å²) in [6.07, 6.45) is 1.73. The largest absolute Gasteiger partial charge is 0.484 e. The molecular weight excluding hydrogens is 547 g/mol. The molecule has 3 N–H and O–H groups in total. The Morgan fingerprint density at radius 2 is 1.93 bits per heavy atom. The maximum absolute atomic E-state index is 13.6. The summed E-state index contributed by atoms with van der Waals surface area (Å²) in [5.74, 6) is 2.18. The van der Waals surface area contributed by atoms with Gasteiger partial charge in [-0.3, -0.25) is 14.5 Å². The van der Waals surface area contributed by atoms with E-state index in [1.807, 2.05) is 4.90 Å². The lowest BCUT2D eigenvalue weighted by atomic mass is 10.0. The number of halogens is 3. The Kier molecular flexibility index (Phi) is 9.50. The van der Waals surface area contributed by atoms with E-state index in [-0.39, 0.29) is 35.0 Å². The molecule has 11 heteroatoms. The van der Waals surface area contributed by atoms with Crippen molar-refractivity contribution in [2.24, 2.45) is 0 Å². The van der Waals surface area contributed by atoms with Crippen molar-refractivity contribution in [3.05, 3.63) is 88.1 Å². The van der Waals surface area contributed by atoms with Crippen LogP contribution in [0, 0.1) is 26.2 Å². The van der Waals surface area contributed by atoms with Crippen molar-refractivity contribution < 1.29 is 27.5 Å². The second-order valence-electron chi connectivity index (χ2n) is 10.0. The van der Waals surface area contributed by atoms with Crippen LogP contribution in [0.25, 0.3) is 0 Å². The highest BCUT2D eigenvalue weighted by Crippen LogP contribution is 2.34. The summed E-state index contributed by atoms with van der Waals surface area (Å²) >= 11 is 0. The first kappa shape index (κ1) is 30.6. The summed E-state index contributed by atoms with van der Waals surface area (Å²) in [6, 6.07) is 11.2. The summed E-state index contributed by atoms with van der Waals surface area (Å²) in [6.45, 7) is 5.39. The van der Waals surface area contributed by atoms with E-state index in [0.717, 1.165) is 17.7 Å². The maximum atomic E-state index is 13.6. The van der Waals surface area contributed by atoms with E-state index >= 15 is 0 Å². The van der Waals surface area contributed by atoms with Gasteiger partial charge in [0.15, 0.2) is 0 Å². The number of piperazine rings is 1. The number of nitrogens with one attached hydrogen (secondary N) is 3. The van der Waals surface area contributed by atoms with Crippen LogP contribution in [0.4, 0.5) is 19.0 Å². The van der Waals surface area contributed by atoms with E-state index in [2.05, 4.69) is 26.9 Å². The molecule has 0 saturated carbocycles. The van der Waals surface area contributed by atoms with Gasteiger partial charge in [0.05, 0.1) is 17.2 Å². The monoisotopic (exact) mass is 579 g/mol. The van der Waals surface area contributed by atoms with Gasteiger partial charge < -0.3 is 20.7 Å². The van der Waals surface area contributed by atoms with E-state index in [1.165, 1.54) is 19.2 Å². The molecule has 0 aliphatic carbocycles. The van der Waals surface area contributed by atoms with Crippen molar-refractivity contribution in [2.45, 2.75) is 32.2 Å². The van der Waals surface area contributed by atoms with Crippen molar-refractivity contribution >= 4 is 17.6 Å². The van der Waals surface area contributed by atoms with Crippen molar-refractivity contribution in [1.82, 2.24) is 20.5 Å². The Morgan fingerprint density at radius 3 is 2.62 bits per heavy atom. The van der Waals surface area contributed by atoms with E-state index in [4.69, 9.17) is 11.2 Å². The zero-order chi connectivity index (χ0) is 30.4. The Labute approximate surface area is 242 Å². The third kappa shape index (κ3) is 7.26. The molecule has 1 aromatic heterocycles. The summed E-state index contributed by atoms with van der Waals surface area (Å²) < 4.78 is 47.2. The average molecular weight is 580 g/mol. The molecule has 0 spiro atoms. The zero-order valence-corrected chi connectivity index (χ0v) is 23.5. The molecular formula is C31H32F3N5O3. The van der Waals surface area contributed by atoms with Gasteiger partial charge in [0.1, 0.15) is 17.7 Å². The van der Waals surface area contributed by atoms with Gasteiger partial charge in [-0.15, -0.1) is 6.42 Å². The number of benzene rings is 2. The van der Waals surface area contributed by atoms with Crippen LogP contribution in [0.3, 0.4) is 0 Å². The average Bonchev–Trinajstić information content (AvgIpc) is 2.97. The molecule has 4 rings (SSSR count). The summed E-state index contributed by atoms with van der Waals surface area (Å²) in [5.41, 5.74) is 1.02. The summed E-state index contributed by atoms with van der Waals surface area (Å²) in [7, 11) is 1.44. The van der Waals surface area contributed by atoms with Crippen molar-refractivity contribution in [3.8, 4) is 18.1 Å². The SMILES string of the molecule is C#C[C@@H]1CN(C[C@@H](Oc2cc(C)c(C(=O)Nc3ncccc3C)cc2C(=O)NC)c2cccc(C(F)(F)F)c2)CCN1. The zero-order valence-electron chi connectivity index (χ0n) is 23.5. The lowest BCUT2D eigenvalue weighted by Crippen LogP contribution is -2.51. The number of carbonyl (C=O) groups is 2. The van der Waals surface area contributed by atoms with Gasteiger partial charge in [0.25, 0.3) is 11.8 Å². The lowest BCUT2D eigenvalue weighted by Gasteiger charge is -2.34. The van der Waals surface area contributed by atoms with Crippen LogP contribution in [0.2, 0.25) is 0 Å². The standard InChI is InChI=1S/C31H32F3N5O3/c1-5-23-17-39(13-12-36-23)18-27(21-9-6-10-22(15-21)31(32,33)34)42-26-14-20(3)24(16-25(26)29(40)35-4)30(41)38-28-19(2)8-7-11-37-28/h1,6-11,14-16,23,27,36H,12-13,17-18H2,2-4H3,(H,35,40)(H,37,38,41)/t23-,27-/m1/s1. The number of alkyl halides is 3. The normalized spacial score (nSPS) is 16.3. The van der Waals surface area contributed by atoms with Crippen LogP contribution in [0.1, 0.15) is 49.1 Å². The van der Waals surface area contributed by atoms with Gasteiger partial charge in [0.2, 0.25) is 0 Å². The maximum Gasteiger partial charge on any atom is 0.416 e. The first-order valence-electron chi connectivity index (χ1n) is 13.4. The molecule has 2 heterocycles. The van der Waals surface area contributed by atoms with E-state index in [9.17, 15) is 22.8 Å². The summed E-state index contributed by atoms with van der Waals surface area (Å²) in [5, 5.41) is 8.52. The van der Waals surface area contributed by atoms with Crippen LogP contribution in [-0.2, 0) is 6.18 Å². The second kappa shape index (κ2) is 13.1. The second-order valence-corrected chi connectivity index (χ2v) is 10.0. The van der Waals surface area contributed by atoms with Crippen LogP contribution in [-0.4, -0.2) is 61.0 Å². The molecule has 3 aromatic rings. The molecule has 0 unspecified atom stereocenters. The number of rotatable bonds is 8. The molecule has 0 radical (unpaired) electrons. The highest BCUT2D eigenvalue weighted by Gasteiger charge is 2.32. The molecule has 2 amide bonds. The number of pyridine rings is 1. The Morgan fingerprint density at radius 1 is 1.14 bits per heavy atom. The molecule has 1 saturated heterocycles. The van der Waals surface area contributed by atoms with Crippen molar-refractivity contribution in [3.63, 3.8) is 0 Å². The predicted octanol–water partition coefficient (Wildman–Crippen LogP) is 4.36. The third-order valence-electron chi connectivity index (χ3n) is 7.02. The number of carbonyl (C=O) groups excluding carboxylic acids is 2. The van der Waals surface area contributed by atoms with Crippen LogP contribution >= 0.6 is 0 Å². The number of hydrogen-bond acceptors (Lipinski definition) is 6. The smallest absolute Gasteiger partial charge is 0.416 e. The van der Waals surface area contributed by atoms with E-state index in [1.54, 1.807) is 44.3 Å². The molecule has 1 fully saturated rings. The van der Waals surface area contributed by atoms with E-state index < -0.39 is 29.7 Å². The number of anilines is 1. The van der Waals surface area contributed by atoms with Gasteiger partial charge in [-0.1, -0.05) is 24.1 Å². The molecule has 8 nitrogen and oxygen atoms in total. The van der Waals surface area contributed by atoms with Crippen molar-refractivity contribution in [1.29, 1.82) is 0 Å². The van der Waals surface area contributed by atoms with Gasteiger partial charge in [-0.25, -0.2) is 4.98 Å². The highest BCUT2D eigenvalue weighted by molar-refractivity contribution is 6.07. The van der Waals surface area contributed by atoms with Gasteiger partial charge in [-0.2, -0.15) is 13.2 Å². The molecule has 1 aliphatic heterocycles. The van der Waals surface area contributed by atoms with Gasteiger partial charge >= 0.3 is 6.18 Å². The number of aryl methyl sites for hydroxylation is 2. The first-order valence-corrected chi connectivity index (χ1v) is 13.4. The van der Waals surface area contributed by atoms with Crippen molar-refractivity contribution in [2.75, 3.05) is 38.5 Å². The fourth-order valence-electron chi connectivity index (χ4n) is 4.73. The quantitative estimate of drug-likeness (QED) is 0.344. The topological polar surface area (TPSA) is 95.6 Å². The van der Waals surface area contributed by atoms with Crippen LogP contribution in [0.15, 0.2) is 54.7 Å². The molecule has 2 atom stereocenters. The lowest BCUT2D eigenvalue weighted by molar-refractivity contribution is -0.137. The molecule has 0 bridgehead atoms. The van der Waals surface area contributed by atoms with Gasteiger partial charge in [0, 0.05) is 45.0 Å². The van der Waals surface area contributed by atoms with E-state index in [0.29, 0.717) is 31.0 Å². The minimum atomic E-state index is -4.55. The number of aromatic nitrogens is 1. The number of ether oxygens (including phenoxy) is 1. The first-order chi connectivity index (χ1) is 20.0. The Balaban J connectivity index is 1.72. The highest BCUT2D eigenvalue weighted by atomic mass is 19.4. The fourth-order valence-corrected chi connectivity index (χ4v) is 4.73. The Bertz CT molecular complexity index is 1500. The number of nitrogens with zero attached hydrogens (tertiary/aromatic N) is 2. The molecule has 42 heavy (non-hydrogen) atoms. The number of terminal acetylenes is 1. The number of hydrogen-bond donors (Lipinski definition) is 3.